The van der Waals surface area contributed by atoms with Gasteiger partial charge in [-0.05, 0) is 76.4 Å². The van der Waals surface area contributed by atoms with Crippen LogP contribution in [-0.4, -0.2) is 35.2 Å². The Morgan fingerprint density at radius 2 is 1.82 bits per heavy atom. The van der Waals surface area contributed by atoms with Crippen LogP contribution in [0.15, 0.2) is 61.8 Å². The standard InChI is InChI=1S/C27H33FN2O4/c1-7-10-20(25(31)34-27(4,5)6)24-16-18(14-15-29-24)21-17-19(28)12-13-22(21)30-23(11-8-2)26(32)33-9-3/h7-8,12-17,20,23,30H,1-2,9-11H2,3-6H3. The number of rotatable bonds is 11. The van der Waals surface area contributed by atoms with Gasteiger partial charge < -0.3 is 14.8 Å². The molecule has 34 heavy (non-hydrogen) atoms. The third-order valence-corrected chi connectivity index (χ3v) is 4.83. The first-order valence-electron chi connectivity index (χ1n) is 11.2. The normalized spacial score (nSPS) is 12.9. The summed E-state index contributed by atoms with van der Waals surface area (Å²) in [6, 6.07) is 7.01. The predicted molar refractivity (Wildman–Crippen MR) is 132 cm³/mol. The lowest BCUT2D eigenvalue weighted by Gasteiger charge is -2.23. The summed E-state index contributed by atoms with van der Waals surface area (Å²) in [5.74, 6) is -1.94. The maximum atomic E-state index is 14.3. The van der Waals surface area contributed by atoms with Gasteiger partial charge in [0.1, 0.15) is 23.4 Å². The zero-order chi connectivity index (χ0) is 25.3. The van der Waals surface area contributed by atoms with E-state index in [1.165, 1.54) is 12.1 Å². The Morgan fingerprint density at radius 3 is 2.44 bits per heavy atom. The second kappa shape index (κ2) is 12.1. The molecule has 1 heterocycles. The van der Waals surface area contributed by atoms with E-state index in [2.05, 4.69) is 23.5 Å². The van der Waals surface area contributed by atoms with E-state index in [0.29, 0.717) is 35.3 Å². The van der Waals surface area contributed by atoms with Crippen LogP contribution >= 0.6 is 0 Å². The van der Waals surface area contributed by atoms with Crippen LogP contribution in [0.5, 0.6) is 0 Å². The zero-order valence-corrected chi connectivity index (χ0v) is 20.3. The first-order valence-corrected chi connectivity index (χ1v) is 11.2. The van der Waals surface area contributed by atoms with Gasteiger partial charge >= 0.3 is 11.9 Å². The van der Waals surface area contributed by atoms with E-state index >= 15 is 0 Å². The number of carbonyl (C=O) groups is 2. The van der Waals surface area contributed by atoms with E-state index in [1.54, 1.807) is 64.2 Å². The quantitative estimate of drug-likeness (QED) is 0.331. The van der Waals surface area contributed by atoms with Crippen molar-refractivity contribution in [2.24, 2.45) is 0 Å². The molecule has 0 saturated carbocycles. The Bertz CT molecular complexity index is 1030. The molecule has 7 heteroatoms. The van der Waals surface area contributed by atoms with Gasteiger partial charge in [0.25, 0.3) is 0 Å². The Balaban J connectivity index is 2.48. The Kier molecular flexibility index (Phi) is 9.54. The summed E-state index contributed by atoms with van der Waals surface area (Å²) in [4.78, 5) is 29.6. The first-order chi connectivity index (χ1) is 16.1. The number of hydrogen-bond acceptors (Lipinski definition) is 6. The van der Waals surface area contributed by atoms with Gasteiger partial charge in [0.05, 0.1) is 12.3 Å². The van der Waals surface area contributed by atoms with Gasteiger partial charge in [0.2, 0.25) is 0 Å². The summed E-state index contributed by atoms with van der Waals surface area (Å²) in [5.41, 5.74) is 1.52. The molecule has 0 amide bonds. The lowest BCUT2D eigenvalue weighted by molar-refractivity contribution is -0.156. The molecule has 1 N–H and O–H groups in total. The molecule has 2 unspecified atom stereocenters. The van der Waals surface area contributed by atoms with Crippen LogP contribution in [0, 0.1) is 5.82 Å². The summed E-state index contributed by atoms with van der Waals surface area (Å²) in [5, 5.41) is 3.15. The fourth-order valence-corrected chi connectivity index (χ4v) is 3.38. The largest absolute Gasteiger partial charge is 0.464 e. The molecule has 2 atom stereocenters. The maximum absolute atomic E-state index is 14.3. The first kappa shape index (κ1) is 26.8. The van der Waals surface area contributed by atoms with E-state index in [9.17, 15) is 14.0 Å². The zero-order valence-electron chi connectivity index (χ0n) is 20.3. The lowest BCUT2D eigenvalue weighted by atomic mass is 9.96. The van der Waals surface area contributed by atoms with Crippen LogP contribution in [0.2, 0.25) is 0 Å². The number of nitrogens with one attached hydrogen (secondary N) is 1. The highest BCUT2D eigenvalue weighted by Crippen LogP contribution is 2.32. The van der Waals surface area contributed by atoms with Gasteiger partial charge in [-0.3, -0.25) is 9.78 Å². The summed E-state index contributed by atoms with van der Waals surface area (Å²) >= 11 is 0. The van der Waals surface area contributed by atoms with Crippen molar-refractivity contribution in [1.82, 2.24) is 4.98 Å². The number of ether oxygens (including phenoxy) is 2. The van der Waals surface area contributed by atoms with Crippen molar-refractivity contribution in [3.05, 3.63) is 73.3 Å². The summed E-state index contributed by atoms with van der Waals surface area (Å²) in [6.45, 7) is 14.8. The minimum atomic E-state index is -0.682. The van der Waals surface area contributed by atoms with Crippen LogP contribution in [0.1, 0.15) is 52.1 Å². The second-order valence-corrected chi connectivity index (χ2v) is 8.74. The number of hydrogen-bond donors (Lipinski definition) is 1. The molecule has 1 aromatic carbocycles. The van der Waals surface area contributed by atoms with Crippen LogP contribution in [0.25, 0.3) is 11.1 Å². The molecule has 0 spiro atoms. The van der Waals surface area contributed by atoms with E-state index in [1.807, 2.05) is 0 Å². The van der Waals surface area contributed by atoms with Crippen molar-refractivity contribution in [3.8, 4) is 11.1 Å². The van der Waals surface area contributed by atoms with Crippen molar-refractivity contribution in [3.63, 3.8) is 0 Å². The highest BCUT2D eigenvalue weighted by atomic mass is 19.1. The summed E-state index contributed by atoms with van der Waals surface area (Å²) < 4.78 is 25.0. The van der Waals surface area contributed by atoms with Gasteiger partial charge in [-0.1, -0.05) is 12.2 Å². The Hall–Kier alpha value is -3.48. The molecule has 2 rings (SSSR count). The number of benzene rings is 1. The second-order valence-electron chi connectivity index (χ2n) is 8.74. The van der Waals surface area contributed by atoms with E-state index in [0.717, 1.165) is 0 Å². The average Bonchev–Trinajstić information content (AvgIpc) is 2.77. The number of nitrogens with zero attached hydrogens (tertiary/aromatic N) is 1. The SMILES string of the molecule is C=CCC(Nc1ccc(F)cc1-c1ccnc(C(CC=C)C(=O)OC(C)(C)C)c1)C(=O)OCC. The third-order valence-electron chi connectivity index (χ3n) is 4.83. The van der Waals surface area contributed by atoms with Crippen molar-refractivity contribution in [2.45, 2.75) is 58.1 Å². The molecule has 0 aliphatic carbocycles. The number of esters is 2. The third kappa shape index (κ3) is 7.54. The summed E-state index contributed by atoms with van der Waals surface area (Å²) in [7, 11) is 0. The maximum Gasteiger partial charge on any atom is 0.328 e. The summed E-state index contributed by atoms with van der Waals surface area (Å²) in [6.07, 6.45) is 5.48. The fourth-order valence-electron chi connectivity index (χ4n) is 3.38. The average molecular weight is 469 g/mol. The molecule has 0 bridgehead atoms. The molecule has 0 aliphatic rings. The molecule has 0 radical (unpaired) electrons. The van der Waals surface area contributed by atoms with Crippen molar-refractivity contribution in [2.75, 3.05) is 11.9 Å². The van der Waals surface area contributed by atoms with Crippen LogP contribution in [-0.2, 0) is 19.1 Å². The number of pyridine rings is 1. The van der Waals surface area contributed by atoms with Gasteiger partial charge in [-0.25, -0.2) is 9.18 Å². The molecular formula is C27H33FN2O4. The fraction of sp³-hybridized carbons (Fsp3) is 0.370. The smallest absolute Gasteiger partial charge is 0.328 e. The van der Waals surface area contributed by atoms with Gasteiger partial charge in [-0.2, -0.15) is 0 Å². The topological polar surface area (TPSA) is 77.5 Å². The number of allylic oxidation sites excluding steroid dienone is 1. The minimum absolute atomic E-state index is 0.244. The van der Waals surface area contributed by atoms with Gasteiger partial charge in [0.15, 0.2) is 0 Å². The van der Waals surface area contributed by atoms with E-state index in [4.69, 9.17) is 9.47 Å². The molecule has 0 saturated heterocycles. The highest BCUT2D eigenvalue weighted by Gasteiger charge is 2.27. The van der Waals surface area contributed by atoms with Crippen LogP contribution < -0.4 is 5.32 Å². The number of anilines is 1. The Morgan fingerprint density at radius 1 is 1.12 bits per heavy atom. The van der Waals surface area contributed by atoms with Crippen LogP contribution in [0.4, 0.5) is 10.1 Å². The molecule has 2 aromatic rings. The van der Waals surface area contributed by atoms with Crippen LogP contribution in [0.3, 0.4) is 0 Å². The molecule has 182 valence electrons. The predicted octanol–water partition coefficient (Wildman–Crippen LogP) is 5.81. The van der Waals surface area contributed by atoms with Gasteiger partial charge in [-0.15, -0.1) is 13.2 Å². The molecule has 0 aliphatic heterocycles. The number of aromatic nitrogens is 1. The lowest BCUT2D eigenvalue weighted by Crippen LogP contribution is -2.31. The van der Waals surface area contributed by atoms with Crippen molar-refractivity contribution in [1.29, 1.82) is 0 Å². The molecular weight excluding hydrogens is 435 g/mol. The molecule has 1 aromatic heterocycles. The van der Waals surface area contributed by atoms with E-state index < -0.39 is 35.3 Å². The number of carbonyl (C=O) groups excluding carboxylic acids is 2. The van der Waals surface area contributed by atoms with Gasteiger partial charge in [0, 0.05) is 17.4 Å². The monoisotopic (exact) mass is 468 g/mol. The van der Waals surface area contributed by atoms with Crippen molar-refractivity contribution < 1.29 is 23.5 Å². The minimum Gasteiger partial charge on any atom is -0.464 e. The molecule has 6 nitrogen and oxygen atoms in total. The van der Waals surface area contributed by atoms with Crippen molar-refractivity contribution >= 4 is 17.6 Å². The molecule has 0 fully saturated rings. The highest BCUT2D eigenvalue weighted by molar-refractivity contribution is 5.85. The van der Waals surface area contributed by atoms with E-state index in [-0.39, 0.29) is 6.61 Å². The Labute approximate surface area is 200 Å². The number of halogens is 1.